The number of rotatable bonds is 9. The fourth-order valence-corrected chi connectivity index (χ4v) is 6.94. The van der Waals surface area contributed by atoms with Gasteiger partial charge in [0.15, 0.2) is 5.92 Å². The number of carbonyl (C=O) groups is 3. The Hall–Kier alpha value is -1.59. The second-order valence-electron chi connectivity index (χ2n) is 13.6. The van der Waals surface area contributed by atoms with Gasteiger partial charge >= 0.3 is 17.9 Å². The Bertz CT molecular complexity index is 738. The van der Waals surface area contributed by atoms with Crippen LogP contribution in [-0.2, 0) is 28.6 Å². The van der Waals surface area contributed by atoms with Crippen LogP contribution in [0.4, 0.5) is 0 Å². The van der Waals surface area contributed by atoms with E-state index in [2.05, 4.69) is 27.7 Å². The molecule has 3 rings (SSSR count). The standard InChI is InChI=1S/C31H52O6/c1-20(2)24-10-14-30(6,15-11-24)36-28(33)27(26-9-8-23(18-26)19-35-22(5)32)29(34)37-31(7)16-12-25(13-17-31)21(3)4/h20-21,23-27H,8-19H2,1-7H3/t23-,24?,25?,26+,27?,30?,31?/m1/s1. The van der Waals surface area contributed by atoms with Gasteiger partial charge in [-0.2, -0.15) is 0 Å². The van der Waals surface area contributed by atoms with E-state index in [9.17, 15) is 14.4 Å². The molecule has 6 nitrogen and oxygen atoms in total. The molecule has 2 atom stereocenters. The summed E-state index contributed by atoms with van der Waals surface area (Å²) >= 11 is 0. The van der Waals surface area contributed by atoms with Crippen molar-refractivity contribution in [3.05, 3.63) is 0 Å². The molecule has 0 aromatic heterocycles. The molecule has 0 heterocycles. The van der Waals surface area contributed by atoms with Gasteiger partial charge in [0.1, 0.15) is 11.2 Å². The molecule has 6 heteroatoms. The number of hydrogen-bond acceptors (Lipinski definition) is 6. The topological polar surface area (TPSA) is 78.9 Å². The summed E-state index contributed by atoms with van der Waals surface area (Å²) in [5, 5.41) is 0. The second kappa shape index (κ2) is 12.5. The second-order valence-corrected chi connectivity index (χ2v) is 13.6. The molecule has 0 aromatic rings. The fraction of sp³-hybridized carbons (Fsp3) is 0.903. The van der Waals surface area contributed by atoms with Gasteiger partial charge in [-0.15, -0.1) is 0 Å². The molecule has 3 saturated carbocycles. The van der Waals surface area contributed by atoms with E-state index in [0.29, 0.717) is 36.7 Å². The Morgan fingerprint density at radius 3 is 1.51 bits per heavy atom. The Kier molecular flexibility index (Phi) is 10.1. The number of hydrogen-bond donors (Lipinski definition) is 0. The minimum absolute atomic E-state index is 0.147. The first-order chi connectivity index (χ1) is 17.3. The average molecular weight is 521 g/mol. The summed E-state index contributed by atoms with van der Waals surface area (Å²) in [7, 11) is 0. The van der Waals surface area contributed by atoms with E-state index in [4.69, 9.17) is 14.2 Å². The molecule has 3 fully saturated rings. The molecule has 0 radical (unpaired) electrons. The molecular formula is C31H52O6. The Morgan fingerprint density at radius 2 is 1.14 bits per heavy atom. The van der Waals surface area contributed by atoms with Gasteiger partial charge < -0.3 is 14.2 Å². The quantitative estimate of drug-likeness (QED) is 0.187. The van der Waals surface area contributed by atoms with Crippen LogP contribution in [0.3, 0.4) is 0 Å². The Labute approximate surface area is 224 Å². The smallest absolute Gasteiger partial charge is 0.321 e. The molecular weight excluding hydrogens is 468 g/mol. The molecule has 0 amide bonds. The molecule has 0 spiro atoms. The van der Waals surface area contributed by atoms with Gasteiger partial charge in [0.05, 0.1) is 6.61 Å². The lowest BCUT2D eigenvalue weighted by Crippen LogP contribution is -2.45. The summed E-state index contributed by atoms with van der Waals surface area (Å²) in [6.07, 6.45) is 9.72. The maximum Gasteiger partial charge on any atom is 0.321 e. The molecule has 3 aliphatic rings. The van der Waals surface area contributed by atoms with Crippen molar-refractivity contribution in [2.45, 2.75) is 130 Å². The van der Waals surface area contributed by atoms with E-state index in [1.54, 1.807) is 0 Å². The predicted octanol–water partition coefficient (Wildman–Crippen LogP) is 6.88. The van der Waals surface area contributed by atoms with Gasteiger partial charge in [-0.05, 0) is 120 Å². The zero-order chi connectivity index (χ0) is 27.4. The van der Waals surface area contributed by atoms with Crippen LogP contribution >= 0.6 is 0 Å². The molecule has 0 aromatic carbocycles. The summed E-state index contributed by atoms with van der Waals surface area (Å²) in [6.45, 7) is 14.8. The first kappa shape index (κ1) is 30.0. The van der Waals surface area contributed by atoms with Gasteiger partial charge in [0, 0.05) is 6.92 Å². The summed E-state index contributed by atoms with van der Waals surface area (Å²) in [5.74, 6) is 0.523. The minimum atomic E-state index is -0.915. The van der Waals surface area contributed by atoms with Crippen molar-refractivity contribution < 1.29 is 28.6 Å². The van der Waals surface area contributed by atoms with E-state index in [1.165, 1.54) is 6.92 Å². The van der Waals surface area contributed by atoms with Crippen LogP contribution in [-0.4, -0.2) is 35.7 Å². The largest absolute Gasteiger partial charge is 0.466 e. The Morgan fingerprint density at radius 1 is 0.703 bits per heavy atom. The fourth-order valence-electron chi connectivity index (χ4n) is 6.94. The summed E-state index contributed by atoms with van der Waals surface area (Å²) < 4.78 is 17.6. The van der Waals surface area contributed by atoms with Gasteiger partial charge in [0.25, 0.3) is 0 Å². The van der Waals surface area contributed by atoms with Crippen molar-refractivity contribution in [3.63, 3.8) is 0 Å². The summed E-state index contributed by atoms with van der Waals surface area (Å²) in [4.78, 5) is 38.7. The first-order valence-corrected chi connectivity index (χ1v) is 14.9. The number of carbonyl (C=O) groups excluding carboxylic acids is 3. The highest BCUT2D eigenvalue weighted by Crippen LogP contribution is 2.43. The van der Waals surface area contributed by atoms with Crippen molar-refractivity contribution >= 4 is 17.9 Å². The number of ether oxygens (including phenoxy) is 3. The van der Waals surface area contributed by atoms with Crippen molar-refractivity contribution in [3.8, 4) is 0 Å². The van der Waals surface area contributed by atoms with Crippen LogP contribution in [0.15, 0.2) is 0 Å². The van der Waals surface area contributed by atoms with Crippen LogP contribution in [0.2, 0.25) is 0 Å². The normalized spacial score (nSPS) is 35.3. The van der Waals surface area contributed by atoms with Crippen LogP contribution < -0.4 is 0 Å². The van der Waals surface area contributed by atoms with Gasteiger partial charge in [-0.1, -0.05) is 27.7 Å². The van der Waals surface area contributed by atoms with Gasteiger partial charge in [-0.3, -0.25) is 14.4 Å². The first-order valence-electron chi connectivity index (χ1n) is 14.9. The predicted molar refractivity (Wildman–Crippen MR) is 144 cm³/mol. The van der Waals surface area contributed by atoms with Gasteiger partial charge in [-0.25, -0.2) is 0 Å². The minimum Gasteiger partial charge on any atom is -0.466 e. The van der Waals surface area contributed by atoms with E-state index in [0.717, 1.165) is 64.2 Å². The molecule has 0 N–H and O–H groups in total. The van der Waals surface area contributed by atoms with E-state index < -0.39 is 29.1 Å². The number of esters is 3. The third-order valence-electron chi connectivity index (χ3n) is 9.84. The van der Waals surface area contributed by atoms with Crippen molar-refractivity contribution in [2.24, 2.45) is 41.4 Å². The van der Waals surface area contributed by atoms with Crippen LogP contribution in [0.25, 0.3) is 0 Å². The zero-order valence-corrected chi connectivity index (χ0v) is 24.5. The molecule has 0 aliphatic heterocycles. The average Bonchev–Trinajstić information content (AvgIpc) is 3.26. The zero-order valence-electron chi connectivity index (χ0n) is 24.5. The lowest BCUT2D eigenvalue weighted by molar-refractivity contribution is -0.185. The molecule has 0 saturated heterocycles. The molecule has 37 heavy (non-hydrogen) atoms. The van der Waals surface area contributed by atoms with Crippen LogP contribution in [0.5, 0.6) is 0 Å². The van der Waals surface area contributed by atoms with Crippen molar-refractivity contribution in [1.29, 1.82) is 0 Å². The SMILES string of the molecule is CC(=O)OC[C@@H]1CC[C@H](C(C(=O)OC2(C)CCC(C(C)C)CC2)C(=O)OC2(C)CCC(C(C)C)CC2)C1. The third-order valence-corrected chi connectivity index (χ3v) is 9.84. The third kappa shape index (κ3) is 8.20. The highest BCUT2D eigenvalue weighted by atomic mass is 16.6. The summed E-state index contributed by atoms with van der Waals surface area (Å²) in [6, 6.07) is 0. The summed E-state index contributed by atoms with van der Waals surface area (Å²) in [5.41, 5.74) is -1.06. The van der Waals surface area contributed by atoms with E-state index in [1.807, 2.05) is 13.8 Å². The molecule has 212 valence electrons. The Balaban J connectivity index is 1.70. The van der Waals surface area contributed by atoms with Crippen molar-refractivity contribution in [2.75, 3.05) is 6.61 Å². The maximum atomic E-state index is 13.7. The van der Waals surface area contributed by atoms with E-state index in [-0.39, 0.29) is 17.8 Å². The van der Waals surface area contributed by atoms with E-state index >= 15 is 0 Å². The monoisotopic (exact) mass is 520 g/mol. The lowest BCUT2D eigenvalue weighted by atomic mass is 9.75. The van der Waals surface area contributed by atoms with Gasteiger partial charge in [0.2, 0.25) is 0 Å². The van der Waals surface area contributed by atoms with Crippen molar-refractivity contribution in [1.82, 2.24) is 0 Å². The highest BCUT2D eigenvalue weighted by molar-refractivity contribution is 5.95. The van der Waals surface area contributed by atoms with Crippen LogP contribution in [0.1, 0.15) is 119 Å². The van der Waals surface area contributed by atoms with Crippen LogP contribution in [0, 0.1) is 41.4 Å². The highest BCUT2D eigenvalue weighted by Gasteiger charge is 2.47. The maximum absolute atomic E-state index is 13.7. The molecule has 0 bridgehead atoms. The molecule has 0 unspecified atom stereocenters. The molecule has 3 aliphatic carbocycles. The lowest BCUT2D eigenvalue weighted by Gasteiger charge is -2.40.